The van der Waals surface area contributed by atoms with E-state index < -0.39 is 0 Å². The largest absolute Gasteiger partial charge is 0.347 e. The molecule has 0 aliphatic carbocycles. The maximum Gasteiger partial charge on any atom is 0.132 e. The van der Waals surface area contributed by atoms with Crippen molar-refractivity contribution in [2.45, 2.75) is 40.2 Å². The normalized spacial score (nSPS) is 12.2. The van der Waals surface area contributed by atoms with E-state index in [9.17, 15) is 4.39 Å². The molecule has 2 rings (SSSR count). The summed E-state index contributed by atoms with van der Waals surface area (Å²) in [4.78, 5) is 0. The van der Waals surface area contributed by atoms with Crippen LogP contribution in [0.4, 0.5) is 4.39 Å². The highest BCUT2D eigenvalue weighted by Crippen LogP contribution is 2.23. The van der Waals surface area contributed by atoms with Crippen molar-refractivity contribution in [2.24, 2.45) is 5.41 Å². The van der Waals surface area contributed by atoms with Gasteiger partial charge in [-0.1, -0.05) is 26.8 Å². The second-order valence-corrected chi connectivity index (χ2v) is 5.85. The average Bonchev–Trinajstić information content (AvgIpc) is 2.61. The van der Waals surface area contributed by atoms with Gasteiger partial charge in [0.05, 0.1) is 5.52 Å². The lowest BCUT2D eigenvalue weighted by Gasteiger charge is -2.18. The summed E-state index contributed by atoms with van der Waals surface area (Å²) in [6, 6.07) is 7.14. The summed E-state index contributed by atoms with van der Waals surface area (Å²) in [6.07, 6.45) is 4.29. The summed E-state index contributed by atoms with van der Waals surface area (Å²) < 4.78 is 15.6. The Morgan fingerprint density at radius 2 is 1.94 bits per heavy atom. The molecule has 0 aliphatic rings. The molecular weight excluding hydrogens is 213 g/mol. The molecule has 0 amide bonds. The van der Waals surface area contributed by atoms with Crippen LogP contribution in [-0.4, -0.2) is 4.57 Å². The number of nitrogens with zero attached hydrogens (tertiary/aromatic N) is 1. The van der Waals surface area contributed by atoms with Crippen molar-refractivity contribution >= 4 is 10.9 Å². The van der Waals surface area contributed by atoms with Crippen LogP contribution < -0.4 is 0 Å². The third kappa shape index (κ3) is 2.87. The van der Waals surface area contributed by atoms with Gasteiger partial charge in [0.2, 0.25) is 0 Å². The van der Waals surface area contributed by atoms with E-state index >= 15 is 0 Å². The van der Waals surface area contributed by atoms with Crippen molar-refractivity contribution in [3.63, 3.8) is 0 Å². The van der Waals surface area contributed by atoms with Crippen LogP contribution in [0.25, 0.3) is 10.9 Å². The molecule has 0 aliphatic heterocycles. The Morgan fingerprint density at radius 1 is 1.18 bits per heavy atom. The summed E-state index contributed by atoms with van der Waals surface area (Å²) in [5.74, 6) is -0.128. The Hall–Kier alpha value is -1.31. The number of aromatic nitrogens is 1. The van der Waals surface area contributed by atoms with Gasteiger partial charge in [-0.05, 0) is 36.5 Å². The number of hydrogen-bond donors (Lipinski definition) is 0. The van der Waals surface area contributed by atoms with Crippen LogP contribution in [0.2, 0.25) is 0 Å². The average molecular weight is 233 g/mol. The van der Waals surface area contributed by atoms with E-state index in [0.29, 0.717) is 5.41 Å². The van der Waals surface area contributed by atoms with Crippen LogP contribution in [0.1, 0.15) is 33.6 Å². The number of aryl methyl sites for hydroxylation is 1. The first-order chi connectivity index (χ1) is 7.97. The molecule has 17 heavy (non-hydrogen) atoms. The number of halogens is 1. The SMILES string of the molecule is CC(C)(C)CCCn1ccc2c(F)cccc21. The van der Waals surface area contributed by atoms with Crippen LogP contribution in [0, 0.1) is 11.2 Å². The van der Waals surface area contributed by atoms with E-state index in [2.05, 4.69) is 25.3 Å². The van der Waals surface area contributed by atoms with Gasteiger partial charge in [0.25, 0.3) is 0 Å². The van der Waals surface area contributed by atoms with Crippen molar-refractivity contribution in [3.05, 3.63) is 36.3 Å². The van der Waals surface area contributed by atoms with Crippen molar-refractivity contribution in [1.82, 2.24) is 4.57 Å². The Kier molecular flexibility index (Phi) is 3.23. The fourth-order valence-corrected chi connectivity index (χ4v) is 2.16. The summed E-state index contributed by atoms with van der Waals surface area (Å²) in [7, 11) is 0. The zero-order valence-electron chi connectivity index (χ0n) is 10.8. The minimum absolute atomic E-state index is 0.128. The third-order valence-corrected chi connectivity index (χ3v) is 3.09. The molecule has 0 spiro atoms. The number of rotatable bonds is 3. The molecule has 0 atom stereocenters. The van der Waals surface area contributed by atoms with Crippen LogP contribution in [0.3, 0.4) is 0 Å². The Balaban J connectivity index is 2.12. The summed E-state index contributed by atoms with van der Waals surface area (Å²) in [6.45, 7) is 7.71. The summed E-state index contributed by atoms with van der Waals surface area (Å²) >= 11 is 0. The van der Waals surface area contributed by atoms with E-state index in [1.54, 1.807) is 6.07 Å². The van der Waals surface area contributed by atoms with Crippen molar-refractivity contribution < 1.29 is 4.39 Å². The second kappa shape index (κ2) is 4.52. The van der Waals surface area contributed by atoms with Gasteiger partial charge in [0.15, 0.2) is 0 Å². The molecule has 0 bridgehead atoms. The standard InChI is InChI=1S/C15H20FN/c1-15(2,3)9-5-10-17-11-8-12-13(16)6-4-7-14(12)17/h4,6-8,11H,5,9-10H2,1-3H3. The van der Waals surface area contributed by atoms with Gasteiger partial charge in [-0.3, -0.25) is 0 Å². The lowest BCUT2D eigenvalue weighted by Crippen LogP contribution is -2.07. The highest BCUT2D eigenvalue weighted by atomic mass is 19.1. The van der Waals surface area contributed by atoms with E-state index in [0.717, 1.165) is 23.9 Å². The minimum atomic E-state index is -0.128. The molecular formula is C15H20FN. The highest BCUT2D eigenvalue weighted by molar-refractivity contribution is 5.80. The number of hydrogen-bond acceptors (Lipinski definition) is 0. The predicted octanol–water partition coefficient (Wildman–Crippen LogP) is 4.61. The topological polar surface area (TPSA) is 4.93 Å². The molecule has 2 heteroatoms. The number of fused-ring (bicyclic) bond motifs is 1. The van der Waals surface area contributed by atoms with Gasteiger partial charge in [0, 0.05) is 18.1 Å². The zero-order chi connectivity index (χ0) is 12.5. The maximum absolute atomic E-state index is 13.5. The quantitative estimate of drug-likeness (QED) is 0.729. The number of benzene rings is 1. The van der Waals surface area contributed by atoms with Crippen LogP contribution in [0.15, 0.2) is 30.5 Å². The third-order valence-electron chi connectivity index (χ3n) is 3.09. The molecule has 1 heterocycles. The van der Waals surface area contributed by atoms with Crippen LogP contribution in [0.5, 0.6) is 0 Å². The first-order valence-electron chi connectivity index (χ1n) is 6.21. The lowest BCUT2D eigenvalue weighted by molar-refractivity contribution is 0.355. The molecule has 1 aromatic carbocycles. The molecule has 2 aromatic rings. The molecule has 92 valence electrons. The molecule has 0 unspecified atom stereocenters. The fraction of sp³-hybridized carbons (Fsp3) is 0.467. The maximum atomic E-state index is 13.5. The van der Waals surface area contributed by atoms with Crippen molar-refractivity contribution in [2.75, 3.05) is 0 Å². The monoisotopic (exact) mass is 233 g/mol. The second-order valence-electron chi connectivity index (χ2n) is 5.85. The first-order valence-corrected chi connectivity index (χ1v) is 6.21. The molecule has 0 fully saturated rings. The first kappa shape index (κ1) is 12.2. The molecule has 0 saturated heterocycles. The lowest BCUT2D eigenvalue weighted by atomic mass is 9.91. The summed E-state index contributed by atoms with van der Waals surface area (Å²) in [5, 5.41) is 0.725. The van der Waals surface area contributed by atoms with Gasteiger partial charge < -0.3 is 4.57 Å². The van der Waals surface area contributed by atoms with Gasteiger partial charge in [-0.2, -0.15) is 0 Å². The molecule has 0 saturated carbocycles. The Morgan fingerprint density at radius 3 is 2.65 bits per heavy atom. The van der Waals surface area contributed by atoms with Gasteiger partial charge in [-0.25, -0.2) is 4.39 Å². The molecule has 0 radical (unpaired) electrons. The fourth-order valence-electron chi connectivity index (χ4n) is 2.16. The van der Waals surface area contributed by atoms with Crippen molar-refractivity contribution in [1.29, 1.82) is 0 Å². The molecule has 0 N–H and O–H groups in total. The smallest absolute Gasteiger partial charge is 0.132 e. The van der Waals surface area contributed by atoms with E-state index in [1.807, 2.05) is 18.3 Å². The zero-order valence-corrected chi connectivity index (χ0v) is 10.8. The van der Waals surface area contributed by atoms with E-state index in [1.165, 1.54) is 12.5 Å². The Labute approximate surface area is 102 Å². The van der Waals surface area contributed by atoms with Gasteiger partial charge in [-0.15, -0.1) is 0 Å². The molecule has 1 nitrogen and oxygen atoms in total. The van der Waals surface area contributed by atoms with Crippen LogP contribution in [-0.2, 0) is 6.54 Å². The van der Waals surface area contributed by atoms with Gasteiger partial charge in [0.1, 0.15) is 5.82 Å². The van der Waals surface area contributed by atoms with Crippen molar-refractivity contribution in [3.8, 4) is 0 Å². The summed E-state index contributed by atoms with van der Waals surface area (Å²) in [5.41, 5.74) is 1.37. The highest BCUT2D eigenvalue weighted by Gasteiger charge is 2.10. The van der Waals surface area contributed by atoms with E-state index in [4.69, 9.17) is 0 Å². The Bertz CT molecular complexity index is 505. The van der Waals surface area contributed by atoms with E-state index in [-0.39, 0.29) is 5.82 Å². The minimum Gasteiger partial charge on any atom is -0.347 e. The van der Waals surface area contributed by atoms with Gasteiger partial charge >= 0.3 is 0 Å². The van der Waals surface area contributed by atoms with Crippen LogP contribution >= 0.6 is 0 Å². The predicted molar refractivity (Wildman–Crippen MR) is 70.6 cm³/mol. The molecule has 1 aromatic heterocycles.